The molecule has 3 rings (SSSR count). The van der Waals surface area contributed by atoms with E-state index in [2.05, 4.69) is 17.9 Å². The average Bonchev–Trinajstić information content (AvgIpc) is 2.91. The van der Waals surface area contributed by atoms with Crippen LogP contribution < -0.4 is 0 Å². The molecule has 0 unspecified atom stereocenters. The van der Waals surface area contributed by atoms with Gasteiger partial charge in [-0.1, -0.05) is 13.3 Å². The maximum absolute atomic E-state index is 12.7. The largest absolute Gasteiger partial charge is 0.379 e. The smallest absolute Gasteiger partial charge is 0.243 e. The van der Waals surface area contributed by atoms with Crippen molar-refractivity contribution in [3.05, 3.63) is 0 Å². The molecule has 21 heavy (non-hydrogen) atoms. The molecular formula is C16H25N3O2. The molecule has 2 aliphatic heterocycles. The third-order valence-electron chi connectivity index (χ3n) is 5.56. The van der Waals surface area contributed by atoms with Gasteiger partial charge in [-0.3, -0.25) is 9.69 Å². The highest BCUT2D eigenvalue weighted by atomic mass is 16.5. The summed E-state index contributed by atoms with van der Waals surface area (Å²) in [6.45, 7) is 7.34. The van der Waals surface area contributed by atoms with Crippen LogP contribution >= 0.6 is 0 Å². The lowest BCUT2D eigenvalue weighted by Crippen LogP contribution is -2.49. The zero-order chi connectivity index (χ0) is 14.9. The fourth-order valence-electron chi connectivity index (χ4n) is 3.95. The van der Waals surface area contributed by atoms with E-state index in [1.807, 2.05) is 4.90 Å². The van der Waals surface area contributed by atoms with Crippen molar-refractivity contribution in [2.24, 2.45) is 11.3 Å². The van der Waals surface area contributed by atoms with E-state index in [1.54, 1.807) is 0 Å². The van der Waals surface area contributed by atoms with Gasteiger partial charge < -0.3 is 9.64 Å². The zero-order valence-electron chi connectivity index (χ0n) is 12.9. The van der Waals surface area contributed by atoms with Crippen molar-refractivity contribution >= 4 is 5.91 Å². The van der Waals surface area contributed by atoms with Gasteiger partial charge in [-0.15, -0.1) is 0 Å². The maximum Gasteiger partial charge on any atom is 0.243 e. The van der Waals surface area contributed by atoms with Gasteiger partial charge in [0.2, 0.25) is 5.91 Å². The second-order valence-electron chi connectivity index (χ2n) is 6.64. The van der Waals surface area contributed by atoms with Gasteiger partial charge in [0.1, 0.15) is 5.41 Å². The number of rotatable bonds is 3. The van der Waals surface area contributed by atoms with Crippen molar-refractivity contribution in [3.8, 4) is 6.07 Å². The third kappa shape index (κ3) is 2.56. The molecular weight excluding hydrogens is 266 g/mol. The molecule has 2 saturated heterocycles. The predicted molar refractivity (Wildman–Crippen MR) is 78.4 cm³/mol. The molecule has 2 atom stereocenters. The van der Waals surface area contributed by atoms with Crippen LogP contribution in [0.3, 0.4) is 0 Å². The standard InChI is InChI=1S/C16H25N3O2/c1-2-13-10-19(15(20)16(12-17)4-3-5-16)11-14(13)18-6-8-21-9-7-18/h13-14H,2-11H2,1H3/t13-,14+/m0/s1. The Morgan fingerprint density at radius 1 is 1.33 bits per heavy atom. The summed E-state index contributed by atoms with van der Waals surface area (Å²) in [6, 6.07) is 2.74. The molecule has 0 spiro atoms. The van der Waals surface area contributed by atoms with Crippen molar-refractivity contribution in [3.63, 3.8) is 0 Å². The fraction of sp³-hybridized carbons (Fsp3) is 0.875. The van der Waals surface area contributed by atoms with Crippen LogP contribution in [0.15, 0.2) is 0 Å². The Morgan fingerprint density at radius 2 is 2.05 bits per heavy atom. The first-order valence-corrected chi connectivity index (χ1v) is 8.22. The summed E-state index contributed by atoms with van der Waals surface area (Å²) in [5.74, 6) is 0.619. The fourth-order valence-corrected chi connectivity index (χ4v) is 3.95. The maximum atomic E-state index is 12.7. The Labute approximate surface area is 126 Å². The highest BCUT2D eigenvalue weighted by Crippen LogP contribution is 2.43. The van der Waals surface area contributed by atoms with Crippen LogP contribution in [0.2, 0.25) is 0 Å². The van der Waals surface area contributed by atoms with Crippen molar-refractivity contribution in [2.45, 2.75) is 38.6 Å². The number of nitrogens with zero attached hydrogens (tertiary/aromatic N) is 3. The highest BCUT2D eigenvalue weighted by Gasteiger charge is 2.49. The highest BCUT2D eigenvalue weighted by molar-refractivity contribution is 5.86. The van der Waals surface area contributed by atoms with Gasteiger partial charge in [0.25, 0.3) is 0 Å². The number of hydrogen-bond donors (Lipinski definition) is 0. The Bertz CT molecular complexity index is 435. The number of hydrogen-bond acceptors (Lipinski definition) is 4. The first-order valence-electron chi connectivity index (χ1n) is 8.22. The van der Waals surface area contributed by atoms with Crippen LogP contribution in [0.25, 0.3) is 0 Å². The van der Waals surface area contributed by atoms with Gasteiger partial charge in [-0.25, -0.2) is 0 Å². The molecule has 3 fully saturated rings. The van der Waals surface area contributed by atoms with E-state index in [9.17, 15) is 10.1 Å². The molecule has 5 nitrogen and oxygen atoms in total. The second-order valence-corrected chi connectivity index (χ2v) is 6.64. The summed E-state index contributed by atoms with van der Waals surface area (Å²) in [7, 11) is 0. The first-order chi connectivity index (χ1) is 10.2. The Hall–Kier alpha value is -1.12. The summed E-state index contributed by atoms with van der Waals surface area (Å²) in [5.41, 5.74) is -0.696. The van der Waals surface area contributed by atoms with Gasteiger partial charge in [-0.05, 0) is 25.2 Å². The summed E-state index contributed by atoms with van der Waals surface area (Å²) in [6.07, 6.45) is 3.60. The van der Waals surface area contributed by atoms with Crippen molar-refractivity contribution < 1.29 is 9.53 Å². The number of ether oxygens (including phenoxy) is 1. The number of likely N-dealkylation sites (tertiary alicyclic amines) is 1. The lowest BCUT2D eigenvalue weighted by Gasteiger charge is -2.37. The van der Waals surface area contributed by atoms with Gasteiger partial charge in [0.05, 0.1) is 19.3 Å². The van der Waals surface area contributed by atoms with Gasteiger partial charge in [-0.2, -0.15) is 5.26 Å². The molecule has 2 heterocycles. The van der Waals surface area contributed by atoms with E-state index in [0.29, 0.717) is 12.0 Å². The number of carbonyl (C=O) groups is 1. The minimum atomic E-state index is -0.696. The minimum Gasteiger partial charge on any atom is -0.379 e. The van der Waals surface area contributed by atoms with Gasteiger partial charge in [0.15, 0.2) is 0 Å². The molecule has 0 aromatic heterocycles. The van der Waals surface area contributed by atoms with Crippen LogP contribution in [0.4, 0.5) is 0 Å². The van der Waals surface area contributed by atoms with E-state index in [1.165, 1.54) is 0 Å². The monoisotopic (exact) mass is 291 g/mol. The number of amides is 1. The van der Waals surface area contributed by atoms with Crippen molar-refractivity contribution in [1.82, 2.24) is 9.80 Å². The van der Waals surface area contributed by atoms with Crippen LogP contribution in [-0.2, 0) is 9.53 Å². The van der Waals surface area contributed by atoms with Crippen LogP contribution in [0.5, 0.6) is 0 Å². The Balaban J connectivity index is 1.69. The molecule has 1 aliphatic carbocycles. The molecule has 0 radical (unpaired) electrons. The normalized spacial score (nSPS) is 32.5. The van der Waals surface area contributed by atoms with E-state index < -0.39 is 5.41 Å². The van der Waals surface area contributed by atoms with Gasteiger partial charge in [0, 0.05) is 32.2 Å². The topological polar surface area (TPSA) is 56.6 Å². The molecule has 116 valence electrons. The lowest BCUT2D eigenvalue weighted by atomic mass is 9.69. The van der Waals surface area contributed by atoms with Crippen molar-refractivity contribution in [2.75, 3.05) is 39.4 Å². The van der Waals surface area contributed by atoms with E-state index in [0.717, 1.165) is 65.1 Å². The van der Waals surface area contributed by atoms with Crippen LogP contribution in [-0.4, -0.2) is 61.1 Å². The molecule has 5 heteroatoms. The molecule has 1 saturated carbocycles. The molecule has 3 aliphatic rings. The minimum absolute atomic E-state index is 0.0884. The lowest BCUT2D eigenvalue weighted by molar-refractivity contribution is -0.142. The van der Waals surface area contributed by atoms with E-state index in [-0.39, 0.29) is 5.91 Å². The number of carbonyl (C=O) groups excluding carboxylic acids is 1. The summed E-state index contributed by atoms with van der Waals surface area (Å²) >= 11 is 0. The second kappa shape index (κ2) is 5.94. The quantitative estimate of drug-likeness (QED) is 0.785. The molecule has 1 amide bonds. The van der Waals surface area contributed by atoms with Crippen LogP contribution in [0, 0.1) is 22.7 Å². The summed E-state index contributed by atoms with van der Waals surface area (Å²) in [4.78, 5) is 17.2. The number of morpholine rings is 1. The van der Waals surface area contributed by atoms with E-state index in [4.69, 9.17) is 4.74 Å². The Kier molecular flexibility index (Phi) is 4.19. The molecule has 0 aromatic carbocycles. The molecule has 0 bridgehead atoms. The summed E-state index contributed by atoms with van der Waals surface area (Å²) < 4.78 is 5.44. The number of nitriles is 1. The van der Waals surface area contributed by atoms with Crippen LogP contribution in [0.1, 0.15) is 32.6 Å². The zero-order valence-corrected chi connectivity index (χ0v) is 12.9. The average molecular weight is 291 g/mol. The molecule has 0 aromatic rings. The van der Waals surface area contributed by atoms with E-state index >= 15 is 0 Å². The molecule has 0 N–H and O–H groups in total. The first kappa shape index (κ1) is 14.8. The Morgan fingerprint density at radius 3 is 2.57 bits per heavy atom. The van der Waals surface area contributed by atoms with Crippen molar-refractivity contribution in [1.29, 1.82) is 5.26 Å². The summed E-state index contributed by atoms with van der Waals surface area (Å²) in [5, 5.41) is 9.38. The SMILES string of the molecule is CC[C@H]1CN(C(=O)C2(C#N)CCC2)C[C@H]1N1CCOCC1. The third-order valence-corrected chi connectivity index (χ3v) is 5.56. The van der Waals surface area contributed by atoms with Gasteiger partial charge >= 0.3 is 0 Å². The predicted octanol–water partition coefficient (Wildman–Crippen LogP) is 1.25.